The van der Waals surface area contributed by atoms with Gasteiger partial charge in [0.15, 0.2) is 4.33 Å². The van der Waals surface area contributed by atoms with Crippen molar-refractivity contribution in [2.24, 2.45) is 0 Å². The Hall–Kier alpha value is -0.930. The molecule has 3 rings (SSSR count). The number of hydrogen-bond donors (Lipinski definition) is 1. The summed E-state index contributed by atoms with van der Waals surface area (Å²) < 4.78 is -1.28. The fourth-order valence-electron chi connectivity index (χ4n) is 3.15. The molecule has 1 heterocycles. The number of alkyl halides is 2. The van der Waals surface area contributed by atoms with Crippen LogP contribution in [0.5, 0.6) is 0 Å². The van der Waals surface area contributed by atoms with E-state index in [0.717, 1.165) is 17.8 Å². The van der Waals surface area contributed by atoms with Gasteiger partial charge in [0.2, 0.25) is 0 Å². The molecule has 1 saturated heterocycles. The Kier molecular flexibility index (Phi) is 4.32. The maximum Gasteiger partial charge on any atom is 0.263 e. The van der Waals surface area contributed by atoms with Gasteiger partial charge in [-0.2, -0.15) is 0 Å². The van der Waals surface area contributed by atoms with E-state index in [0.29, 0.717) is 19.0 Å². The molecule has 3 nitrogen and oxygen atoms in total. The van der Waals surface area contributed by atoms with Gasteiger partial charge in [-0.15, -0.1) is 0 Å². The van der Waals surface area contributed by atoms with Gasteiger partial charge in [-0.05, 0) is 49.9 Å². The minimum atomic E-state index is -1.28. The van der Waals surface area contributed by atoms with Crippen LogP contribution in [0, 0.1) is 0 Å². The predicted molar refractivity (Wildman–Crippen MR) is 88.3 cm³/mol. The summed E-state index contributed by atoms with van der Waals surface area (Å²) >= 11 is 12.1. The normalized spacial score (nSPS) is 22.6. The fourth-order valence-corrected chi connectivity index (χ4v) is 3.63. The van der Waals surface area contributed by atoms with E-state index in [2.05, 4.69) is 5.32 Å². The zero-order valence-corrected chi connectivity index (χ0v) is 13.5. The van der Waals surface area contributed by atoms with Gasteiger partial charge in [0.1, 0.15) is 0 Å². The van der Waals surface area contributed by atoms with Crippen molar-refractivity contribution in [2.45, 2.75) is 48.9 Å². The number of rotatable bonds is 3. The van der Waals surface area contributed by atoms with E-state index in [1.807, 2.05) is 24.3 Å². The van der Waals surface area contributed by atoms with Crippen molar-refractivity contribution >= 4 is 40.5 Å². The maximum atomic E-state index is 12.3. The molecule has 0 atom stereocenters. The van der Waals surface area contributed by atoms with Gasteiger partial charge >= 0.3 is 0 Å². The summed E-state index contributed by atoms with van der Waals surface area (Å²) in [7, 11) is 0. The number of amides is 1. The third kappa shape index (κ3) is 3.29. The molecule has 5 heteroatoms. The molecule has 0 unspecified atom stereocenters. The number of halogens is 2. The first-order valence-electron chi connectivity index (χ1n) is 7.63. The highest BCUT2D eigenvalue weighted by Gasteiger charge is 2.41. The van der Waals surface area contributed by atoms with Gasteiger partial charge in [-0.1, -0.05) is 36.0 Å². The second-order valence-electron chi connectivity index (χ2n) is 5.94. The van der Waals surface area contributed by atoms with Crippen LogP contribution in [0.25, 0.3) is 0 Å². The average Bonchev–Trinajstić information content (AvgIpc) is 2.96. The largest absolute Gasteiger partial charge is 0.382 e. The number of nitrogens with one attached hydrogen (secondary N) is 1. The van der Waals surface area contributed by atoms with Crippen molar-refractivity contribution in [1.29, 1.82) is 0 Å². The zero-order chi connectivity index (χ0) is 14.9. The summed E-state index contributed by atoms with van der Waals surface area (Å²) in [5.41, 5.74) is 1.97. The molecule has 1 saturated carbocycles. The fraction of sp³-hybridized carbons (Fsp3) is 0.562. The second-order valence-corrected chi connectivity index (χ2v) is 7.42. The molecule has 1 aromatic carbocycles. The van der Waals surface area contributed by atoms with Crippen molar-refractivity contribution in [3.05, 3.63) is 24.3 Å². The Bertz CT molecular complexity index is 510. The second kappa shape index (κ2) is 6.05. The SMILES string of the molecule is O=C1N(c2ccc(NC3CCCC3)cc2)CCCC1(Cl)Cl. The first kappa shape index (κ1) is 15.0. The number of piperidine rings is 1. The predicted octanol–water partition coefficient (Wildman–Crippen LogP) is 4.34. The molecular formula is C16H20Cl2N2O. The molecule has 1 aliphatic heterocycles. The Morgan fingerprint density at radius 2 is 1.76 bits per heavy atom. The van der Waals surface area contributed by atoms with E-state index in [1.165, 1.54) is 25.7 Å². The van der Waals surface area contributed by atoms with E-state index < -0.39 is 4.33 Å². The quantitative estimate of drug-likeness (QED) is 0.838. The summed E-state index contributed by atoms with van der Waals surface area (Å²) in [6, 6.07) is 8.57. The molecule has 0 aromatic heterocycles. The molecule has 0 radical (unpaired) electrons. The third-order valence-electron chi connectivity index (χ3n) is 4.34. The smallest absolute Gasteiger partial charge is 0.263 e. The first-order valence-corrected chi connectivity index (χ1v) is 8.38. The van der Waals surface area contributed by atoms with Crippen LogP contribution in [-0.2, 0) is 4.79 Å². The standard InChI is InChI=1S/C16H20Cl2N2O/c17-16(18)10-3-11-20(15(16)21)14-8-6-13(7-9-14)19-12-4-1-2-5-12/h6-9,12,19H,1-5,10-11H2. The molecule has 2 aliphatic rings. The minimum Gasteiger partial charge on any atom is -0.382 e. The summed E-state index contributed by atoms with van der Waals surface area (Å²) in [4.78, 5) is 13.9. The van der Waals surface area contributed by atoms with Crippen LogP contribution in [0.4, 0.5) is 11.4 Å². The van der Waals surface area contributed by atoms with Crippen LogP contribution in [0.3, 0.4) is 0 Å². The number of carbonyl (C=O) groups is 1. The van der Waals surface area contributed by atoms with Crippen LogP contribution in [0.1, 0.15) is 38.5 Å². The van der Waals surface area contributed by atoms with E-state index in [-0.39, 0.29) is 5.91 Å². The zero-order valence-electron chi connectivity index (χ0n) is 11.9. The van der Waals surface area contributed by atoms with Crippen LogP contribution in [0.2, 0.25) is 0 Å². The topological polar surface area (TPSA) is 32.3 Å². The molecule has 1 amide bonds. The van der Waals surface area contributed by atoms with E-state index in [9.17, 15) is 4.79 Å². The Labute approximate surface area is 135 Å². The van der Waals surface area contributed by atoms with E-state index in [4.69, 9.17) is 23.2 Å². The first-order chi connectivity index (χ1) is 10.1. The summed E-state index contributed by atoms with van der Waals surface area (Å²) in [6.45, 7) is 0.676. The number of carbonyl (C=O) groups excluding carboxylic acids is 1. The highest BCUT2D eigenvalue weighted by atomic mass is 35.5. The number of hydrogen-bond acceptors (Lipinski definition) is 2. The van der Waals surface area contributed by atoms with Crippen LogP contribution in [-0.4, -0.2) is 22.8 Å². The number of benzene rings is 1. The molecule has 1 aromatic rings. The lowest BCUT2D eigenvalue weighted by Gasteiger charge is -2.34. The number of anilines is 2. The lowest BCUT2D eigenvalue weighted by atomic mass is 10.1. The van der Waals surface area contributed by atoms with Crippen molar-refractivity contribution in [3.63, 3.8) is 0 Å². The van der Waals surface area contributed by atoms with Gasteiger partial charge < -0.3 is 10.2 Å². The van der Waals surface area contributed by atoms with Crippen molar-refractivity contribution in [1.82, 2.24) is 0 Å². The van der Waals surface area contributed by atoms with Gasteiger partial charge in [0.05, 0.1) is 0 Å². The molecular weight excluding hydrogens is 307 g/mol. The highest BCUT2D eigenvalue weighted by Crippen LogP contribution is 2.35. The minimum absolute atomic E-state index is 0.214. The summed E-state index contributed by atoms with van der Waals surface area (Å²) in [5, 5.41) is 3.54. The lowest BCUT2D eigenvalue weighted by Crippen LogP contribution is -2.47. The van der Waals surface area contributed by atoms with Gasteiger partial charge in [-0.25, -0.2) is 0 Å². The van der Waals surface area contributed by atoms with Gasteiger partial charge in [-0.3, -0.25) is 4.79 Å². The molecule has 114 valence electrons. The van der Waals surface area contributed by atoms with Crippen molar-refractivity contribution < 1.29 is 4.79 Å². The lowest BCUT2D eigenvalue weighted by molar-refractivity contribution is -0.120. The van der Waals surface area contributed by atoms with Crippen LogP contribution in [0.15, 0.2) is 24.3 Å². The Morgan fingerprint density at radius 1 is 1.10 bits per heavy atom. The molecule has 1 aliphatic carbocycles. The van der Waals surface area contributed by atoms with Crippen molar-refractivity contribution in [3.8, 4) is 0 Å². The summed E-state index contributed by atoms with van der Waals surface area (Å²) in [6.07, 6.45) is 6.45. The monoisotopic (exact) mass is 326 g/mol. The van der Waals surface area contributed by atoms with Crippen LogP contribution >= 0.6 is 23.2 Å². The number of nitrogens with zero attached hydrogens (tertiary/aromatic N) is 1. The Balaban J connectivity index is 1.70. The Morgan fingerprint density at radius 3 is 2.43 bits per heavy atom. The summed E-state index contributed by atoms with van der Waals surface area (Å²) in [5.74, 6) is -0.214. The molecule has 2 fully saturated rings. The van der Waals surface area contributed by atoms with Crippen LogP contribution < -0.4 is 10.2 Å². The van der Waals surface area contributed by atoms with Crippen molar-refractivity contribution in [2.75, 3.05) is 16.8 Å². The third-order valence-corrected chi connectivity index (χ3v) is 5.04. The molecule has 0 spiro atoms. The molecule has 0 bridgehead atoms. The molecule has 1 N–H and O–H groups in total. The van der Waals surface area contributed by atoms with Gasteiger partial charge in [0.25, 0.3) is 5.91 Å². The maximum absolute atomic E-state index is 12.3. The average molecular weight is 327 g/mol. The highest BCUT2D eigenvalue weighted by molar-refractivity contribution is 6.59. The molecule has 21 heavy (non-hydrogen) atoms. The van der Waals surface area contributed by atoms with E-state index in [1.54, 1.807) is 4.90 Å². The van der Waals surface area contributed by atoms with Gasteiger partial charge in [0, 0.05) is 24.0 Å². The van der Waals surface area contributed by atoms with E-state index >= 15 is 0 Å².